The third-order valence-corrected chi connectivity index (χ3v) is 3.51. The molecule has 0 aromatic carbocycles. The Balaban J connectivity index is 2.56. The van der Waals surface area contributed by atoms with E-state index >= 15 is 0 Å². The first-order valence-corrected chi connectivity index (χ1v) is 6.70. The minimum Gasteiger partial charge on any atom is -0.329 e. The van der Waals surface area contributed by atoms with Crippen molar-refractivity contribution >= 4 is 18.9 Å². The van der Waals surface area contributed by atoms with E-state index < -0.39 is 7.37 Å². The molecule has 0 fully saturated rings. The molecule has 1 heterocycles. The molecule has 0 aliphatic rings. The highest BCUT2D eigenvalue weighted by Crippen LogP contribution is 2.45. The van der Waals surface area contributed by atoms with E-state index in [1.165, 1.54) is 11.5 Å². The quantitative estimate of drug-likeness (QED) is 0.707. The van der Waals surface area contributed by atoms with Crippen molar-refractivity contribution in [3.8, 4) is 0 Å². The maximum Gasteiger partial charge on any atom is 0.206 e. The Morgan fingerprint density at radius 3 is 3.00 bits per heavy atom. The van der Waals surface area contributed by atoms with E-state index in [2.05, 4.69) is 9.59 Å². The Morgan fingerprint density at radius 1 is 1.75 bits per heavy atom. The van der Waals surface area contributed by atoms with E-state index in [9.17, 15) is 4.57 Å². The molecule has 4 nitrogen and oxygen atoms in total. The van der Waals surface area contributed by atoms with E-state index in [0.29, 0.717) is 12.8 Å². The van der Waals surface area contributed by atoms with Gasteiger partial charge in [0.15, 0.2) is 0 Å². The van der Waals surface area contributed by atoms with Crippen molar-refractivity contribution in [3.63, 3.8) is 0 Å². The molecule has 0 saturated carbocycles. The Morgan fingerprint density at radius 2 is 2.50 bits per heavy atom. The van der Waals surface area contributed by atoms with Crippen LogP contribution in [0.2, 0.25) is 0 Å². The van der Waals surface area contributed by atoms with Crippen LogP contribution in [-0.2, 0) is 15.3 Å². The fourth-order valence-electron chi connectivity index (χ4n) is 0.866. The molecule has 0 aliphatic heterocycles. The lowest BCUT2D eigenvalue weighted by atomic mass is 10.6. The van der Waals surface area contributed by atoms with Gasteiger partial charge in [0.1, 0.15) is 0 Å². The molecular formula is C6H11N2O2PS. The van der Waals surface area contributed by atoms with E-state index in [-0.39, 0.29) is 0 Å². The number of nitrogens with zero attached hydrogens (tertiary/aromatic N) is 2. The summed E-state index contributed by atoms with van der Waals surface area (Å²) in [5, 5.41) is 5.59. The van der Waals surface area contributed by atoms with Crippen LogP contribution in [0, 0.1) is 0 Å². The van der Waals surface area contributed by atoms with Gasteiger partial charge in [0.2, 0.25) is 7.37 Å². The van der Waals surface area contributed by atoms with Crippen LogP contribution in [0.25, 0.3) is 0 Å². The van der Waals surface area contributed by atoms with Gasteiger partial charge in [-0.1, -0.05) is 4.49 Å². The zero-order valence-corrected chi connectivity index (χ0v) is 8.77. The summed E-state index contributed by atoms with van der Waals surface area (Å²) in [6.45, 7) is 3.93. The Bertz CT molecular complexity index is 275. The molecule has 1 unspecified atom stereocenters. The summed E-state index contributed by atoms with van der Waals surface area (Å²) < 4.78 is 20.4. The third-order valence-electron chi connectivity index (χ3n) is 1.26. The van der Waals surface area contributed by atoms with Crippen molar-refractivity contribution < 1.29 is 9.09 Å². The SMILES string of the molecule is CCOP(C)(=O)Cc1csnn1. The summed E-state index contributed by atoms with van der Waals surface area (Å²) >= 11 is 1.26. The highest BCUT2D eigenvalue weighted by Gasteiger charge is 2.17. The summed E-state index contributed by atoms with van der Waals surface area (Å²) in [7, 11) is -2.48. The fourth-order valence-corrected chi connectivity index (χ4v) is 2.82. The maximum atomic E-state index is 11.6. The Hall–Kier alpha value is -0.250. The largest absolute Gasteiger partial charge is 0.329 e. The minimum absolute atomic E-state index is 0.386. The van der Waals surface area contributed by atoms with E-state index in [1.807, 2.05) is 6.92 Å². The van der Waals surface area contributed by atoms with Gasteiger partial charge in [0.25, 0.3) is 0 Å². The summed E-state index contributed by atoms with van der Waals surface area (Å²) in [6.07, 6.45) is 0.386. The molecule has 1 atom stereocenters. The van der Waals surface area contributed by atoms with Crippen molar-refractivity contribution in [1.82, 2.24) is 9.59 Å². The number of aromatic nitrogens is 2. The number of hydrogen-bond donors (Lipinski definition) is 0. The average molecular weight is 206 g/mol. The van der Waals surface area contributed by atoms with Gasteiger partial charge in [-0.05, 0) is 18.5 Å². The predicted octanol–water partition coefficient (Wildman–Crippen LogP) is 1.98. The second kappa shape index (κ2) is 4.12. The van der Waals surface area contributed by atoms with Gasteiger partial charge in [0.05, 0.1) is 18.5 Å². The van der Waals surface area contributed by atoms with Gasteiger partial charge >= 0.3 is 0 Å². The summed E-state index contributed by atoms with van der Waals surface area (Å²) in [4.78, 5) is 0. The summed E-state index contributed by atoms with van der Waals surface area (Å²) in [5.74, 6) is 0. The first-order chi connectivity index (χ1) is 5.64. The lowest BCUT2D eigenvalue weighted by Gasteiger charge is -2.09. The van der Waals surface area contributed by atoms with Crippen LogP contribution in [0.5, 0.6) is 0 Å². The summed E-state index contributed by atoms with van der Waals surface area (Å²) in [6, 6.07) is 0. The molecule has 1 rings (SSSR count). The van der Waals surface area contributed by atoms with Gasteiger partial charge < -0.3 is 4.52 Å². The molecular weight excluding hydrogens is 195 g/mol. The monoisotopic (exact) mass is 206 g/mol. The second-order valence-electron chi connectivity index (χ2n) is 2.49. The molecule has 0 radical (unpaired) electrons. The van der Waals surface area contributed by atoms with Crippen LogP contribution in [-0.4, -0.2) is 22.9 Å². The van der Waals surface area contributed by atoms with Gasteiger partial charge in [-0.3, -0.25) is 4.57 Å². The van der Waals surface area contributed by atoms with E-state index in [0.717, 1.165) is 5.69 Å². The van der Waals surface area contributed by atoms with Crippen LogP contribution >= 0.6 is 18.9 Å². The molecule has 0 bridgehead atoms. The van der Waals surface area contributed by atoms with Crippen molar-refractivity contribution in [2.75, 3.05) is 13.3 Å². The first kappa shape index (κ1) is 9.84. The van der Waals surface area contributed by atoms with E-state index in [4.69, 9.17) is 4.52 Å². The zero-order valence-electron chi connectivity index (χ0n) is 7.06. The number of hydrogen-bond acceptors (Lipinski definition) is 5. The van der Waals surface area contributed by atoms with E-state index in [1.54, 1.807) is 12.0 Å². The lowest BCUT2D eigenvalue weighted by Crippen LogP contribution is -1.92. The maximum absolute atomic E-state index is 11.6. The van der Waals surface area contributed by atoms with Crippen LogP contribution in [0.15, 0.2) is 5.38 Å². The molecule has 6 heteroatoms. The van der Waals surface area contributed by atoms with Gasteiger partial charge in [0, 0.05) is 12.0 Å². The average Bonchev–Trinajstić information content (AvgIpc) is 2.38. The lowest BCUT2D eigenvalue weighted by molar-refractivity contribution is 0.336. The van der Waals surface area contributed by atoms with Crippen molar-refractivity contribution in [1.29, 1.82) is 0 Å². The topological polar surface area (TPSA) is 52.1 Å². The van der Waals surface area contributed by atoms with Crippen LogP contribution < -0.4 is 0 Å². The molecule has 0 amide bonds. The van der Waals surface area contributed by atoms with Crippen molar-refractivity contribution in [2.45, 2.75) is 13.1 Å². The van der Waals surface area contributed by atoms with Crippen molar-refractivity contribution in [2.24, 2.45) is 0 Å². The Labute approximate surface area is 75.6 Å². The molecule has 0 aliphatic carbocycles. The highest BCUT2D eigenvalue weighted by molar-refractivity contribution is 7.57. The van der Waals surface area contributed by atoms with Gasteiger partial charge in [-0.15, -0.1) is 5.10 Å². The molecule has 68 valence electrons. The smallest absolute Gasteiger partial charge is 0.206 e. The fraction of sp³-hybridized carbons (Fsp3) is 0.667. The molecule has 1 aromatic heterocycles. The standard InChI is InChI=1S/C6H11N2O2PS/c1-3-10-11(2,9)4-6-5-12-8-7-6/h5H,3-4H2,1-2H3. The Kier molecular flexibility index (Phi) is 3.38. The van der Waals surface area contributed by atoms with Gasteiger partial charge in [-0.2, -0.15) is 0 Å². The molecule has 0 saturated heterocycles. The third kappa shape index (κ3) is 3.01. The summed E-state index contributed by atoms with van der Waals surface area (Å²) in [5.41, 5.74) is 0.749. The van der Waals surface area contributed by atoms with Crippen LogP contribution in [0.1, 0.15) is 12.6 Å². The molecule has 12 heavy (non-hydrogen) atoms. The predicted molar refractivity (Wildman–Crippen MR) is 48.8 cm³/mol. The minimum atomic E-state index is -2.48. The van der Waals surface area contributed by atoms with Gasteiger partial charge in [-0.25, -0.2) is 0 Å². The molecule has 1 aromatic rings. The molecule has 0 spiro atoms. The van der Waals surface area contributed by atoms with Crippen molar-refractivity contribution in [3.05, 3.63) is 11.1 Å². The highest BCUT2D eigenvalue weighted by atomic mass is 32.1. The van der Waals surface area contributed by atoms with Crippen LogP contribution in [0.4, 0.5) is 0 Å². The molecule has 0 N–H and O–H groups in total. The normalized spacial score (nSPS) is 15.8. The van der Waals surface area contributed by atoms with Crippen LogP contribution in [0.3, 0.4) is 0 Å². The number of rotatable bonds is 4. The first-order valence-electron chi connectivity index (χ1n) is 3.61. The second-order valence-corrected chi connectivity index (χ2v) is 5.70. The zero-order chi connectivity index (χ0) is 9.03.